The molecule has 0 aliphatic heterocycles. The number of aryl methyl sites for hydroxylation is 2. The van der Waals surface area contributed by atoms with E-state index < -0.39 is 0 Å². The Morgan fingerprint density at radius 2 is 1.87 bits per heavy atom. The van der Waals surface area contributed by atoms with Gasteiger partial charge in [-0.1, -0.05) is 48.0 Å². The predicted molar refractivity (Wildman–Crippen MR) is 93.4 cm³/mol. The predicted octanol–water partition coefficient (Wildman–Crippen LogP) is 2.74. The molecule has 0 bridgehead atoms. The third kappa shape index (κ3) is 5.51. The van der Waals surface area contributed by atoms with E-state index in [0.717, 1.165) is 16.8 Å². The fourth-order valence-corrected chi connectivity index (χ4v) is 2.54. The lowest BCUT2D eigenvalue weighted by atomic mass is 10.1. The van der Waals surface area contributed by atoms with E-state index in [1.165, 1.54) is 5.56 Å². The largest absolute Gasteiger partial charge is 0.395 e. The Bertz CT molecular complexity index is 641. The van der Waals surface area contributed by atoms with E-state index in [1.54, 1.807) is 0 Å². The number of nitrogens with zero attached hydrogens (tertiary/aromatic N) is 1. The number of aliphatic hydroxyl groups is 1. The van der Waals surface area contributed by atoms with Gasteiger partial charge in [-0.3, -0.25) is 9.69 Å². The molecule has 2 aromatic carbocycles. The number of carbonyl (C=O) groups excluding carboxylic acids is 1. The van der Waals surface area contributed by atoms with Crippen LogP contribution in [0.15, 0.2) is 48.5 Å². The molecule has 0 aliphatic carbocycles. The molecule has 4 heteroatoms. The first-order valence-corrected chi connectivity index (χ1v) is 7.82. The molecule has 0 heterocycles. The lowest BCUT2D eigenvalue weighted by Gasteiger charge is -2.21. The van der Waals surface area contributed by atoms with Crippen molar-refractivity contribution in [2.24, 2.45) is 0 Å². The van der Waals surface area contributed by atoms with E-state index >= 15 is 0 Å². The van der Waals surface area contributed by atoms with E-state index in [-0.39, 0.29) is 19.1 Å². The normalized spacial score (nSPS) is 10.8. The van der Waals surface area contributed by atoms with E-state index in [2.05, 4.69) is 5.32 Å². The van der Waals surface area contributed by atoms with Gasteiger partial charge < -0.3 is 10.4 Å². The summed E-state index contributed by atoms with van der Waals surface area (Å²) in [7, 11) is 0. The van der Waals surface area contributed by atoms with Gasteiger partial charge in [0.15, 0.2) is 0 Å². The van der Waals surface area contributed by atoms with Crippen molar-refractivity contribution in [3.8, 4) is 0 Å². The van der Waals surface area contributed by atoms with Crippen molar-refractivity contribution in [1.82, 2.24) is 4.90 Å². The van der Waals surface area contributed by atoms with Crippen LogP contribution in [0.25, 0.3) is 0 Å². The molecule has 0 spiro atoms. The van der Waals surface area contributed by atoms with E-state index in [1.807, 2.05) is 67.3 Å². The Kier molecular flexibility index (Phi) is 6.32. The summed E-state index contributed by atoms with van der Waals surface area (Å²) in [5.74, 6) is -0.0682. The lowest BCUT2D eigenvalue weighted by molar-refractivity contribution is -0.117. The summed E-state index contributed by atoms with van der Waals surface area (Å²) in [6, 6.07) is 15.9. The summed E-state index contributed by atoms with van der Waals surface area (Å²) in [5, 5.41) is 12.2. The molecule has 0 saturated carbocycles. The number of hydrogen-bond acceptors (Lipinski definition) is 3. The van der Waals surface area contributed by atoms with Crippen LogP contribution >= 0.6 is 0 Å². The minimum atomic E-state index is -0.0682. The summed E-state index contributed by atoms with van der Waals surface area (Å²) in [4.78, 5) is 14.2. The van der Waals surface area contributed by atoms with Gasteiger partial charge in [0.2, 0.25) is 5.91 Å². The number of aliphatic hydroxyl groups excluding tert-OH is 1. The molecule has 2 aromatic rings. The fraction of sp³-hybridized carbons (Fsp3) is 0.316. The molecule has 1 amide bonds. The molecular weight excluding hydrogens is 288 g/mol. The van der Waals surface area contributed by atoms with Crippen molar-refractivity contribution in [3.05, 3.63) is 65.2 Å². The summed E-state index contributed by atoms with van der Waals surface area (Å²) in [6.07, 6.45) is 0. The minimum Gasteiger partial charge on any atom is -0.395 e. The van der Waals surface area contributed by atoms with E-state index in [0.29, 0.717) is 13.1 Å². The highest BCUT2D eigenvalue weighted by Crippen LogP contribution is 2.16. The van der Waals surface area contributed by atoms with Crippen LogP contribution in [-0.4, -0.2) is 35.6 Å². The van der Waals surface area contributed by atoms with Gasteiger partial charge in [-0.05, 0) is 31.0 Å². The molecule has 0 atom stereocenters. The first-order chi connectivity index (χ1) is 11.1. The second-order valence-corrected chi connectivity index (χ2v) is 5.79. The second kappa shape index (κ2) is 8.46. The highest BCUT2D eigenvalue weighted by molar-refractivity contribution is 5.93. The number of amides is 1. The van der Waals surface area contributed by atoms with Gasteiger partial charge in [0.25, 0.3) is 0 Å². The Hall–Kier alpha value is -2.17. The first kappa shape index (κ1) is 17.2. The van der Waals surface area contributed by atoms with Crippen LogP contribution in [-0.2, 0) is 11.3 Å². The topological polar surface area (TPSA) is 52.6 Å². The smallest absolute Gasteiger partial charge is 0.238 e. The van der Waals surface area contributed by atoms with E-state index in [4.69, 9.17) is 0 Å². The Morgan fingerprint density at radius 3 is 2.52 bits per heavy atom. The SMILES string of the molecule is Cc1ccc(NC(=O)CN(CCO)Cc2ccccc2)c(C)c1. The Morgan fingerprint density at radius 1 is 1.13 bits per heavy atom. The van der Waals surface area contributed by atoms with Crippen LogP contribution in [0.1, 0.15) is 16.7 Å². The Labute approximate surface area is 137 Å². The summed E-state index contributed by atoms with van der Waals surface area (Å²) >= 11 is 0. The van der Waals surface area contributed by atoms with Crippen molar-refractivity contribution in [2.45, 2.75) is 20.4 Å². The fourth-order valence-electron chi connectivity index (χ4n) is 2.54. The quantitative estimate of drug-likeness (QED) is 0.826. The second-order valence-electron chi connectivity index (χ2n) is 5.79. The van der Waals surface area contributed by atoms with Crippen molar-refractivity contribution in [3.63, 3.8) is 0 Å². The highest BCUT2D eigenvalue weighted by atomic mass is 16.3. The van der Waals surface area contributed by atoms with Gasteiger partial charge in [0.05, 0.1) is 13.2 Å². The summed E-state index contributed by atoms with van der Waals surface area (Å²) in [5.41, 5.74) is 4.19. The van der Waals surface area contributed by atoms with Gasteiger partial charge in [-0.2, -0.15) is 0 Å². The van der Waals surface area contributed by atoms with Crippen molar-refractivity contribution in [2.75, 3.05) is 25.0 Å². The van der Waals surface area contributed by atoms with Crippen LogP contribution in [0.4, 0.5) is 5.69 Å². The number of anilines is 1. The van der Waals surface area contributed by atoms with Crippen LogP contribution in [0.5, 0.6) is 0 Å². The first-order valence-electron chi connectivity index (χ1n) is 7.82. The molecule has 0 unspecified atom stereocenters. The third-order valence-electron chi connectivity index (χ3n) is 3.69. The maximum atomic E-state index is 12.3. The van der Waals surface area contributed by atoms with Gasteiger partial charge in [-0.15, -0.1) is 0 Å². The number of rotatable bonds is 7. The summed E-state index contributed by atoms with van der Waals surface area (Å²) in [6.45, 7) is 5.41. The molecule has 0 saturated heterocycles. The molecular formula is C19H24N2O2. The summed E-state index contributed by atoms with van der Waals surface area (Å²) < 4.78 is 0. The minimum absolute atomic E-state index is 0.0314. The maximum absolute atomic E-state index is 12.3. The monoisotopic (exact) mass is 312 g/mol. The third-order valence-corrected chi connectivity index (χ3v) is 3.69. The lowest BCUT2D eigenvalue weighted by Crippen LogP contribution is -2.35. The van der Waals surface area contributed by atoms with Crippen molar-refractivity contribution < 1.29 is 9.90 Å². The van der Waals surface area contributed by atoms with Crippen molar-refractivity contribution in [1.29, 1.82) is 0 Å². The average Bonchev–Trinajstić information content (AvgIpc) is 2.51. The maximum Gasteiger partial charge on any atom is 0.238 e. The van der Waals surface area contributed by atoms with Gasteiger partial charge in [-0.25, -0.2) is 0 Å². The molecule has 0 fully saturated rings. The standard InChI is InChI=1S/C19H24N2O2/c1-15-8-9-18(16(2)12-15)20-19(23)14-21(10-11-22)13-17-6-4-3-5-7-17/h3-9,12,22H,10-11,13-14H2,1-2H3,(H,20,23). The molecule has 23 heavy (non-hydrogen) atoms. The van der Waals surface area contributed by atoms with Crippen LogP contribution < -0.4 is 5.32 Å². The number of nitrogens with one attached hydrogen (secondary N) is 1. The number of carbonyl (C=O) groups is 1. The van der Waals surface area contributed by atoms with Gasteiger partial charge in [0, 0.05) is 18.8 Å². The van der Waals surface area contributed by atoms with Gasteiger partial charge >= 0.3 is 0 Å². The Balaban J connectivity index is 1.97. The van der Waals surface area contributed by atoms with Crippen LogP contribution in [0.2, 0.25) is 0 Å². The molecule has 4 nitrogen and oxygen atoms in total. The molecule has 2 N–H and O–H groups in total. The molecule has 0 radical (unpaired) electrons. The molecule has 0 aliphatic rings. The zero-order valence-electron chi connectivity index (χ0n) is 13.7. The van der Waals surface area contributed by atoms with Gasteiger partial charge in [0.1, 0.15) is 0 Å². The number of benzene rings is 2. The highest BCUT2D eigenvalue weighted by Gasteiger charge is 2.12. The molecule has 0 aromatic heterocycles. The van der Waals surface area contributed by atoms with E-state index in [9.17, 15) is 9.90 Å². The average molecular weight is 312 g/mol. The van der Waals surface area contributed by atoms with Crippen LogP contribution in [0.3, 0.4) is 0 Å². The molecule has 122 valence electrons. The van der Waals surface area contributed by atoms with Crippen LogP contribution in [0, 0.1) is 13.8 Å². The zero-order chi connectivity index (χ0) is 16.7. The van der Waals surface area contributed by atoms with Crippen molar-refractivity contribution >= 4 is 11.6 Å². The zero-order valence-corrected chi connectivity index (χ0v) is 13.7. The number of hydrogen-bond donors (Lipinski definition) is 2. The molecule has 2 rings (SSSR count).